The zero-order valence-electron chi connectivity index (χ0n) is 14.4. The van der Waals surface area contributed by atoms with Crippen molar-refractivity contribution in [2.45, 2.75) is 6.54 Å². The van der Waals surface area contributed by atoms with Crippen molar-refractivity contribution >= 4 is 17.0 Å². The van der Waals surface area contributed by atoms with E-state index in [9.17, 15) is 0 Å². The maximum atomic E-state index is 5.51. The summed E-state index contributed by atoms with van der Waals surface area (Å²) >= 11 is 0. The summed E-state index contributed by atoms with van der Waals surface area (Å²) in [4.78, 5) is 12.3. The zero-order chi connectivity index (χ0) is 17.9. The number of hydrogen-bond donors (Lipinski definition) is 2. The lowest BCUT2D eigenvalue weighted by Crippen LogP contribution is -2.05. The van der Waals surface area contributed by atoms with E-state index >= 15 is 0 Å². The van der Waals surface area contributed by atoms with Crippen LogP contribution < -0.4 is 14.8 Å². The molecule has 7 heteroatoms. The van der Waals surface area contributed by atoms with E-state index in [4.69, 9.17) is 13.9 Å². The Labute approximate surface area is 150 Å². The van der Waals surface area contributed by atoms with E-state index in [-0.39, 0.29) is 0 Å². The van der Waals surface area contributed by atoms with Crippen molar-refractivity contribution in [2.75, 3.05) is 19.5 Å². The van der Waals surface area contributed by atoms with E-state index in [0.29, 0.717) is 29.8 Å². The summed E-state index contributed by atoms with van der Waals surface area (Å²) in [5, 5.41) is 4.17. The Hall–Kier alpha value is -3.48. The average molecular weight is 350 g/mol. The maximum Gasteiger partial charge on any atom is 0.225 e. The number of hydrogen-bond acceptors (Lipinski definition) is 6. The number of furan rings is 1. The van der Waals surface area contributed by atoms with Gasteiger partial charge in [0.25, 0.3) is 0 Å². The summed E-state index contributed by atoms with van der Waals surface area (Å²) < 4.78 is 16.1. The van der Waals surface area contributed by atoms with Crippen LogP contribution in [-0.4, -0.2) is 29.2 Å². The van der Waals surface area contributed by atoms with Gasteiger partial charge in [-0.1, -0.05) is 6.07 Å². The van der Waals surface area contributed by atoms with Crippen molar-refractivity contribution in [3.8, 4) is 23.0 Å². The number of benzene rings is 1. The molecule has 4 aromatic rings. The molecule has 0 radical (unpaired) electrons. The number of nitrogens with zero attached hydrogens (tertiary/aromatic N) is 2. The highest BCUT2D eigenvalue weighted by atomic mass is 16.5. The predicted octanol–water partition coefficient (Wildman–Crippen LogP) is 3.85. The highest BCUT2D eigenvalue weighted by molar-refractivity contribution is 5.90. The molecule has 0 bridgehead atoms. The second kappa shape index (κ2) is 6.79. The van der Waals surface area contributed by atoms with Crippen LogP contribution in [0, 0.1) is 0 Å². The van der Waals surface area contributed by atoms with Crippen LogP contribution in [-0.2, 0) is 6.54 Å². The first kappa shape index (κ1) is 16.0. The minimum Gasteiger partial charge on any atom is -0.493 e. The number of methoxy groups -OCH3 is 2. The van der Waals surface area contributed by atoms with Gasteiger partial charge in [-0.25, -0.2) is 4.98 Å². The van der Waals surface area contributed by atoms with E-state index < -0.39 is 0 Å². The lowest BCUT2D eigenvalue weighted by molar-refractivity contribution is 0.354. The van der Waals surface area contributed by atoms with E-state index in [0.717, 1.165) is 22.3 Å². The Bertz CT molecular complexity index is 1020. The standard InChI is InChI=1S/C19H18N4O3/c1-24-14-6-5-12(10-16(14)25-2)11-21-19-22-17(15-4-3-9-26-15)13-7-8-20-18(13)23-19/h3-10H,11H2,1-2H3,(H2,20,21,22,23). The van der Waals surface area contributed by atoms with Gasteiger partial charge in [-0.05, 0) is 35.9 Å². The Kier molecular flexibility index (Phi) is 4.18. The third kappa shape index (κ3) is 2.95. The van der Waals surface area contributed by atoms with Crippen molar-refractivity contribution in [3.63, 3.8) is 0 Å². The molecule has 0 saturated heterocycles. The minimum atomic E-state index is 0.515. The normalized spacial score (nSPS) is 10.8. The summed E-state index contributed by atoms with van der Waals surface area (Å²) in [5.41, 5.74) is 2.52. The number of H-pyrrole nitrogens is 1. The number of aromatic amines is 1. The first-order chi connectivity index (χ1) is 12.8. The number of nitrogens with one attached hydrogen (secondary N) is 2. The molecule has 0 fully saturated rings. The Morgan fingerprint density at radius 3 is 2.73 bits per heavy atom. The second-order valence-electron chi connectivity index (χ2n) is 5.66. The fraction of sp³-hybridized carbons (Fsp3) is 0.158. The molecule has 2 N–H and O–H groups in total. The van der Waals surface area contributed by atoms with E-state index in [2.05, 4.69) is 20.3 Å². The molecule has 4 rings (SSSR count). The maximum absolute atomic E-state index is 5.51. The van der Waals surface area contributed by atoms with Gasteiger partial charge in [0.2, 0.25) is 5.95 Å². The molecule has 0 atom stereocenters. The smallest absolute Gasteiger partial charge is 0.225 e. The van der Waals surface area contributed by atoms with Crippen molar-refractivity contribution in [1.29, 1.82) is 0 Å². The van der Waals surface area contributed by atoms with Crippen molar-refractivity contribution < 1.29 is 13.9 Å². The summed E-state index contributed by atoms with van der Waals surface area (Å²) in [6.45, 7) is 0.546. The summed E-state index contributed by atoms with van der Waals surface area (Å²) in [5.74, 6) is 2.59. The lowest BCUT2D eigenvalue weighted by Gasteiger charge is -2.11. The largest absolute Gasteiger partial charge is 0.493 e. The Balaban J connectivity index is 1.62. The van der Waals surface area contributed by atoms with Gasteiger partial charge in [0.05, 0.1) is 20.5 Å². The van der Waals surface area contributed by atoms with Crippen molar-refractivity contribution in [2.24, 2.45) is 0 Å². The number of ether oxygens (including phenoxy) is 2. The second-order valence-corrected chi connectivity index (χ2v) is 5.66. The van der Waals surface area contributed by atoms with Crippen LogP contribution in [0.2, 0.25) is 0 Å². The van der Waals surface area contributed by atoms with Gasteiger partial charge in [-0.3, -0.25) is 0 Å². The SMILES string of the molecule is COc1ccc(CNc2nc(-c3ccco3)c3cc[nH]c3n2)cc1OC. The van der Waals surface area contributed by atoms with Crippen molar-refractivity contribution in [3.05, 3.63) is 54.4 Å². The molecule has 3 heterocycles. The monoisotopic (exact) mass is 350 g/mol. The van der Waals surface area contributed by atoms with Crippen LogP contribution in [0.1, 0.15) is 5.56 Å². The van der Waals surface area contributed by atoms with Gasteiger partial charge in [0.1, 0.15) is 11.3 Å². The first-order valence-corrected chi connectivity index (χ1v) is 8.12. The summed E-state index contributed by atoms with van der Waals surface area (Å²) in [7, 11) is 3.23. The molecule has 0 aliphatic rings. The fourth-order valence-corrected chi connectivity index (χ4v) is 2.79. The highest BCUT2D eigenvalue weighted by Gasteiger charge is 2.13. The molecular weight excluding hydrogens is 332 g/mol. The fourth-order valence-electron chi connectivity index (χ4n) is 2.79. The molecule has 132 valence electrons. The number of aromatic nitrogens is 3. The van der Waals surface area contributed by atoms with Gasteiger partial charge in [0.15, 0.2) is 17.3 Å². The molecule has 1 aromatic carbocycles. The van der Waals surface area contributed by atoms with Crippen molar-refractivity contribution in [1.82, 2.24) is 15.0 Å². The van der Waals surface area contributed by atoms with Gasteiger partial charge in [0, 0.05) is 18.1 Å². The molecule has 0 aliphatic heterocycles. The summed E-state index contributed by atoms with van der Waals surface area (Å²) in [6.07, 6.45) is 3.47. The number of anilines is 1. The number of rotatable bonds is 6. The zero-order valence-corrected chi connectivity index (χ0v) is 14.4. The number of fused-ring (bicyclic) bond motifs is 1. The van der Waals surface area contributed by atoms with Crippen LogP contribution in [0.15, 0.2) is 53.3 Å². The molecule has 26 heavy (non-hydrogen) atoms. The third-order valence-electron chi connectivity index (χ3n) is 4.07. The van der Waals surface area contributed by atoms with Crippen LogP contribution in [0.25, 0.3) is 22.5 Å². The van der Waals surface area contributed by atoms with Crippen LogP contribution in [0.3, 0.4) is 0 Å². The Morgan fingerprint density at radius 1 is 1.08 bits per heavy atom. The average Bonchev–Trinajstić information content (AvgIpc) is 3.37. The minimum absolute atomic E-state index is 0.515. The molecule has 0 saturated carbocycles. The summed E-state index contributed by atoms with van der Waals surface area (Å²) in [6, 6.07) is 11.4. The van der Waals surface area contributed by atoms with Crippen LogP contribution in [0.5, 0.6) is 11.5 Å². The van der Waals surface area contributed by atoms with Gasteiger partial charge in [-0.2, -0.15) is 4.98 Å². The molecule has 3 aromatic heterocycles. The molecule has 0 spiro atoms. The van der Waals surface area contributed by atoms with Gasteiger partial charge >= 0.3 is 0 Å². The molecule has 0 unspecified atom stereocenters. The van der Waals surface area contributed by atoms with Crippen LogP contribution in [0.4, 0.5) is 5.95 Å². The third-order valence-corrected chi connectivity index (χ3v) is 4.07. The molecule has 0 amide bonds. The predicted molar refractivity (Wildman–Crippen MR) is 98.5 cm³/mol. The van der Waals surface area contributed by atoms with Gasteiger partial charge < -0.3 is 24.2 Å². The quantitative estimate of drug-likeness (QED) is 0.549. The van der Waals surface area contributed by atoms with E-state index in [1.165, 1.54) is 0 Å². The van der Waals surface area contributed by atoms with Crippen LogP contribution >= 0.6 is 0 Å². The highest BCUT2D eigenvalue weighted by Crippen LogP contribution is 2.29. The van der Waals surface area contributed by atoms with E-state index in [1.54, 1.807) is 20.5 Å². The van der Waals surface area contributed by atoms with E-state index in [1.807, 2.05) is 42.6 Å². The van der Waals surface area contributed by atoms with Gasteiger partial charge in [-0.15, -0.1) is 0 Å². The first-order valence-electron chi connectivity index (χ1n) is 8.12. The lowest BCUT2D eigenvalue weighted by atomic mass is 10.2. The molecule has 7 nitrogen and oxygen atoms in total. The molecule has 0 aliphatic carbocycles. The Morgan fingerprint density at radius 2 is 1.96 bits per heavy atom. The topological polar surface area (TPSA) is 85.2 Å². The molecular formula is C19H18N4O3.